The zero-order valence-corrected chi connectivity index (χ0v) is 17.1. The number of methoxy groups -OCH3 is 1. The Morgan fingerprint density at radius 2 is 2.07 bits per heavy atom. The Bertz CT molecular complexity index is 818. The Balaban J connectivity index is 1.41. The molecule has 1 unspecified atom stereocenters. The van der Waals surface area contributed by atoms with E-state index in [4.69, 9.17) is 4.74 Å². The van der Waals surface area contributed by atoms with Crippen LogP contribution in [0.1, 0.15) is 39.4 Å². The van der Waals surface area contributed by atoms with Crippen molar-refractivity contribution in [2.24, 2.45) is 5.41 Å². The van der Waals surface area contributed by atoms with Crippen LogP contribution in [0, 0.1) is 12.3 Å². The lowest BCUT2D eigenvalue weighted by molar-refractivity contribution is 0.0679. The Kier molecular flexibility index (Phi) is 5.24. The van der Waals surface area contributed by atoms with E-state index >= 15 is 0 Å². The van der Waals surface area contributed by atoms with Crippen LogP contribution in [0.25, 0.3) is 0 Å². The summed E-state index contributed by atoms with van der Waals surface area (Å²) in [5.74, 6) is 1.14. The van der Waals surface area contributed by atoms with Gasteiger partial charge in [-0.25, -0.2) is 0 Å². The highest BCUT2D eigenvalue weighted by molar-refractivity contribution is 7.13. The third-order valence-corrected chi connectivity index (χ3v) is 6.95. The van der Waals surface area contributed by atoms with Crippen molar-refractivity contribution in [1.82, 2.24) is 9.80 Å². The largest absolute Gasteiger partial charge is 0.497 e. The molecule has 2 aliphatic rings. The monoisotopic (exact) mass is 384 g/mol. The molecule has 4 nitrogen and oxygen atoms in total. The maximum absolute atomic E-state index is 12.8. The summed E-state index contributed by atoms with van der Waals surface area (Å²) in [7, 11) is 1.72. The van der Waals surface area contributed by atoms with E-state index in [0.29, 0.717) is 0 Å². The van der Waals surface area contributed by atoms with Crippen LogP contribution < -0.4 is 4.74 Å². The first-order valence-corrected chi connectivity index (χ1v) is 10.6. The number of hydrogen-bond acceptors (Lipinski definition) is 4. The van der Waals surface area contributed by atoms with Gasteiger partial charge in [0.15, 0.2) is 0 Å². The van der Waals surface area contributed by atoms with Crippen molar-refractivity contribution in [3.05, 3.63) is 51.7 Å². The van der Waals surface area contributed by atoms with Gasteiger partial charge in [-0.1, -0.05) is 12.1 Å². The molecule has 0 radical (unpaired) electrons. The van der Waals surface area contributed by atoms with Crippen LogP contribution in [-0.4, -0.2) is 49.0 Å². The van der Waals surface area contributed by atoms with E-state index in [1.54, 1.807) is 18.4 Å². The topological polar surface area (TPSA) is 32.8 Å². The number of benzene rings is 1. The minimum Gasteiger partial charge on any atom is -0.497 e. The number of rotatable bonds is 4. The number of ether oxygens (including phenoxy) is 1. The molecule has 2 saturated heterocycles. The van der Waals surface area contributed by atoms with Crippen LogP contribution >= 0.6 is 11.3 Å². The van der Waals surface area contributed by atoms with Gasteiger partial charge in [0.25, 0.3) is 5.91 Å². The minimum atomic E-state index is 0.217. The molecule has 27 heavy (non-hydrogen) atoms. The smallest absolute Gasteiger partial charge is 0.263 e. The van der Waals surface area contributed by atoms with E-state index in [9.17, 15) is 4.79 Å². The third-order valence-electron chi connectivity index (χ3n) is 5.96. The standard InChI is InChI=1S/C22H28N2O2S/c1-17-7-8-20(27-17)21(25)24-12-10-22(16-24)9-4-11-23(15-22)14-18-5-3-6-19(13-18)26-2/h3,5-8,13H,4,9-12,14-16H2,1-2H3. The summed E-state index contributed by atoms with van der Waals surface area (Å²) in [5.41, 5.74) is 1.56. The van der Waals surface area contributed by atoms with Crippen LogP contribution in [0.4, 0.5) is 0 Å². The highest BCUT2D eigenvalue weighted by Crippen LogP contribution is 2.40. The SMILES string of the molecule is COc1cccc(CN2CCCC3(CCN(C(=O)c4ccc(C)s4)C3)C2)c1. The van der Waals surface area contributed by atoms with E-state index < -0.39 is 0 Å². The normalized spacial score (nSPS) is 23.1. The first-order chi connectivity index (χ1) is 13.1. The first kappa shape index (κ1) is 18.5. The van der Waals surface area contributed by atoms with Crippen LogP contribution in [0.5, 0.6) is 5.75 Å². The molecular formula is C22H28N2O2S. The Hall–Kier alpha value is -1.85. The number of nitrogens with zero attached hydrogens (tertiary/aromatic N) is 2. The quantitative estimate of drug-likeness (QED) is 0.792. The minimum absolute atomic E-state index is 0.217. The average molecular weight is 385 g/mol. The van der Waals surface area contributed by atoms with Gasteiger partial charge in [-0.05, 0) is 62.6 Å². The predicted molar refractivity (Wildman–Crippen MR) is 110 cm³/mol. The number of piperidine rings is 1. The molecule has 1 atom stereocenters. The third kappa shape index (κ3) is 4.04. The van der Waals surface area contributed by atoms with Crippen molar-refractivity contribution in [2.75, 3.05) is 33.3 Å². The molecule has 1 spiro atoms. The average Bonchev–Trinajstić information content (AvgIpc) is 3.28. The van der Waals surface area contributed by atoms with Crippen molar-refractivity contribution in [3.8, 4) is 5.75 Å². The summed E-state index contributed by atoms with van der Waals surface area (Å²) in [6.07, 6.45) is 3.57. The number of carbonyl (C=O) groups excluding carboxylic acids is 1. The van der Waals surface area contributed by atoms with Crippen LogP contribution in [0.3, 0.4) is 0 Å². The molecule has 2 aromatic rings. The van der Waals surface area contributed by atoms with Crippen molar-refractivity contribution in [1.29, 1.82) is 0 Å². The zero-order chi connectivity index (χ0) is 18.9. The van der Waals surface area contributed by atoms with Crippen molar-refractivity contribution in [2.45, 2.75) is 32.7 Å². The summed E-state index contributed by atoms with van der Waals surface area (Å²) in [4.78, 5) is 19.6. The Morgan fingerprint density at radius 3 is 2.85 bits per heavy atom. The maximum atomic E-state index is 12.8. The predicted octanol–water partition coefficient (Wildman–Crippen LogP) is 4.19. The van der Waals surface area contributed by atoms with Crippen molar-refractivity contribution >= 4 is 17.2 Å². The fourth-order valence-corrected chi connectivity index (χ4v) is 5.46. The molecule has 0 aliphatic carbocycles. The van der Waals surface area contributed by atoms with Crippen LogP contribution in [0.2, 0.25) is 0 Å². The highest BCUT2D eigenvalue weighted by Gasteiger charge is 2.43. The summed E-state index contributed by atoms with van der Waals surface area (Å²) in [5, 5.41) is 0. The fourth-order valence-electron chi connectivity index (χ4n) is 4.62. The molecule has 1 aromatic carbocycles. The van der Waals surface area contributed by atoms with E-state index in [0.717, 1.165) is 49.8 Å². The zero-order valence-electron chi connectivity index (χ0n) is 16.2. The molecule has 5 heteroatoms. The molecule has 3 heterocycles. The van der Waals surface area contributed by atoms with Crippen molar-refractivity contribution in [3.63, 3.8) is 0 Å². The van der Waals surface area contributed by atoms with Crippen LogP contribution in [0.15, 0.2) is 36.4 Å². The molecule has 0 N–H and O–H groups in total. The second kappa shape index (κ2) is 7.64. The van der Waals surface area contributed by atoms with Gasteiger partial charge in [-0.15, -0.1) is 11.3 Å². The van der Waals surface area contributed by atoms with Gasteiger partial charge >= 0.3 is 0 Å². The number of aryl methyl sites for hydroxylation is 1. The number of amides is 1. The summed E-state index contributed by atoms with van der Waals surface area (Å²) in [6, 6.07) is 12.4. The molecular weight excluding hydrogens is 356 g/mol. The van der Waals surface area contributed by atoms with Gasteiger partial charge in [0.1, 0.15) is 5.75 Å². The second-order valence-corrected chi connectivity index (χ2v) is 9.34. The highest BCUT2D eigenvalue weighted by atomic mass is 32.1. The summed E-state index contributed by atoms with van der Waals surface area (Å²) in [6.45, 7) is 7.02. The van der Waals surface area contributed by atoms with Gasteiger partial charge in [0, 0.05) is 36.5 Å². The molecule has 4 rings (SSSR count). The molecule has 0 saturated carbocycles. The van der Waals surface area contributed by atoms with Crippen molar-refractivity contribution < 1.29 is 9.53 Å². The lowest BCUT2D eigenvalue weighted by Gasteiger charge is -2.40. The van der Waals surface area contributed by atoms with Gasteiger partial charge in [-0.2, -0.15) is 0 Å². The second-order valence-electron chi connectivity index (χ2n) is 8.05. The lowest BCUT2D eigenvalue weighted by Crippen LogP contribution is -2.44. The molecule has 1 amide bonds. The molecule has 0 bridgehead atoms. The molecule has 2 fully saturated rings. The molecule has 1 aromatic heterocycles. The summed E-state index contributed by atoms with van der Waals surface area (Å²) >= 11 is 1.61. The van der Waals surface area contributed by atoms with E-state index in [-0.39, 0.29) is 11.3 Å². The van der Waals surface area contributed by atoms with E-state index in [1.165, 1.54) is 23.3 Å². The number of hydrogen-bond donors (Lipinski definition) is 0. The lowest BCUT2D eigenvalue weighted by atomic mass is 9.79. The maximum Gasteiger partial charge on any atom is 0.263 e. The number of likely N-dealkylation sites (tertiary alicyclic amines) is 2. The van der Waals surface area contributed by atoms with Gasteiger partial charge < -0.3 is 9.64 Å². The van der Waals surface area contributed by atoms with Crippen LogP contribution in [-0.2, 0) is 6.54 Å². The van der Waals surface area contributed by atoms with Gasteiger partial charge in [-0.3, -0.25) is 9.69 Å². The molecule has 144 valence electrons. The summed E-state index contributed by atoms with van der Waals surface area (Å²) < 4.78 is 5.36. The Morgan fingerprint density at radius 1 is 1.19 bits per heavy atom. The Labute approximate surface area is 165 Å². The number of thiophene rings is 1. The van der Waals surface area contributed by atoms with E-state index in [1.807, 2.05) is 18.2 Å². The fraction of sp³-hybridized carbons (Fsp3) is 0.500. The van der Waals surface area contributed by atoms with Gasteiger partial charge in [0.05, 0.1) is 12.0 Å². The molecule has 2 aliphatic heterocycles. The van der Waals surface area contributed by atoms with E-state index in [2.05, 4.69) is 34.9 Å². The van der Waals surface area contributed by atoms with Gasteiger partial charge in [0.2, 0.25) is 0 Å². The number of carbonyl (C=O) groups is 1. The first-order valence-electron chi connectivity index (χ1n) is 9.78.